The van der Waals surface area contributed by atoms with Gasteiger partial charge in [-0.1, -0.05) is 25.7 Å². The van der Waals surface area contributed by atoms with Crippen LogP contribution >= 0.6 is 0 Å². The van der Waals surface area contributed by atoms with Gasteiger partial charge in [0, 0.05) is 13.1 Å². The first-order valence-electron chi connectivity index (χ1n) is 7.55. The Morgan fingerprint density at radius 1 is 1.21 bits per heavy atom. The lowest BCUT2D eigenvalue weighted by Crippen LogP contribution is -2.57. The number of hydrogen-bond donors (Lipinski definition) is 1. The van der Waals surface area contributed by atoms with Crippen LogP contribution in [0.4, 0.5) is 4.79 Å². The Morgan fingerprint density at radius 2 is 1.74 bits per heavy atom. The van der Waals surface area contributed by atoms with E-state index in [2.05, 4.69) is 0 Å². The fourth-order valence-electron chi connectivity index (χ4n) is 2.95. The molecular weight excluding hydrogens is 240 g/mol. The van der Waals surface area contributed by atoms with Gasteiger partial charge in [0.1, 0.15) is 5.60 Å². The maximum Gasteiger partial charge on any atom is 0.410 e. The van der Waals surface area contributed by atoms with Gasteiger partial charge >= 0.3 is 6.09 Å². The minimum absolute atomic E-state index is 0.201. The molecule has 1 saturated carbocycles. The van der Waals surface area contributed by atoms with Crippen molar-refractivity contribution in [2.24, 2.45) is 5.73 Å². The third kappa shape index (κ3) is 4.37. The molecule has 0 radical (unpaired) electrons. The molecule has 0 atom stereocenters. The summed E-state index contributed by atoms with van der Waals surface area (Å²) >= 11 is 0. The molecule has 1 aliphatic carbocycles. The van der Waals surface area contributed by atoms with Crippen LogP contribution in [0.5, 0.6) is 0 Å². The van der Waals surface area contributed by atoms with E-state index in [0.717, 1.165) is 25.7 Å². The largest absolute Gasteiger partial charge is 0.444 e. The van der Waals surface area contributed by atoms with Gasteiger partial charge in [-0.3, -0.25) is 0 Å². The van der Waals surface area contributed by atoms with E-state index < -0.39 is 5.60 Å². The Balaban J connectivity index is 2.87. The fourth-order valence-corrected chi connectivity index (χ4v) is 2.95. The molecule has 1 amide bonds. The molecule has 0 heterocycles. The van der Waals surface area contributed by atoms with Crippen molar-refractivity contribution >= 4 is 6.09 Å². The second-order valence-electron chi connectivity index (χ2n) is 6.57. The van der Waals surface area contributed by atoms with E-state index >= 15 is 0 Å². The number of carbonyl (C=O) groups is 1. The molecule has 19 heavy (non-hydrogen) atoms. The SMILES string of the molecule is CCN(C(=O)OC(C)(C)C)C1(CN)CCCCCC1. The summed E-state index contributed by atoms with van der Waals surface area (Å²) in [5.41, 5.74) is 5.38. The van der Waals surface area contributed by atoms with E-state index in [1.165, 1.54) is 12.8 Å². The first-order valence-corrected chi connectivity index (χ1v) is 7.55. The maximum atomic E-state index is 12.4. The van der Waals surface area contributed by atoms with E-state index in [0.29, 0.717) is 13.1 Å². The molecule has 0 saturated heterocycles. The van der Waals surface area contributed by atoms with Crippen molar-refractivity contribution in [2.45, 2.75) is 77.4 Å². The summed E-state index contributed by atoms with van der Waals surface area (Å²) in [7, 11) is 0. The molecule has 1 fully saturated rings. The molecule has 1 rings (SSSR count). The van der Waals surface area contributed by atoms with Crippen molar-refractivity contribution in [1.29, 1.82) is 0 Å². The zero-order chi connectivity index (χ0) is 14.5. The number of nitrogens with zero attached hydrogens (tertiary/aromatic N) is 1. The van der Waals surface area contributed by atoms with Gasteiger partial charge in [0.2, 0.25) is 0 Å². The molecule has 2 N–H and O–H groups in total. The summed E-state index contributed by atoms with van der Waals surface area (Å²) in [4.78, 5) is 14.3. The second-order valence-corrected chi connectivity index (χ2v) is 6.57. The van der Waals surface area contributed by atoms with Gasteiger partial charge in [-0.05, 0) is 40.5 Å². The van der Waals surface area contributed by atoms with Crippen molar-refractivity contribution in [3.05, 3.63) is 0 Å². The van der Waals surface area contributed by atoms with E-state index in [1.807, 2.05) is 32.6 Å². The van der Waals surface area contributed by atoms with Crippen molar-refractivity contribution < 1.29 is 9.53 Å². The number of carbonyl (C=O) groups excluding carboxylic acids is 1. The van der Waals surface area contributed by atoms with Crippen molar-refractivity contribution in [2.75, 3.05) is 13.1 Å². The highest BCUT2D eigenvalue weighted by molar-refractivity contribution is 5.69. The van der Waals surface area contributed by atoms with E-state index in [9.17, 15) is 4.79 Å². The van der Waals surface area contributed by atoms with Crippen LogP contribution in [-0.4, -0.2) is 35.2 Å². The van der Waals surface area contributed by atoms with Crippen molar-refractivity contribution in [3.63, 3.8) is 0 Å². The smallest absolute Gasteiger partial charge is 0.410 e. The summed E-state index contributed by atoms with van der Waals surface area (Å²) in [5.74, 6) is 0. The summed E-state index contributed by atoms with van der Waals surface area (Å²) in [5, 5.41) is 0. The zero-order valence-corrected chi connectivity index (χ0v) is 13.0. The number of rotatable bonds is 3. The highest BCUT2D eigenvalue weighted by atomic mass is 16.6. The quantitative estimate of drug-likeness (QED) is 0.801. The second kappa shape index (κ2) is 6.60. The molecule has 0 spiro atoms. The van der Waals surface area contributed by atoms with Gasteiger partial charge in [-0.2, -0.15) is 0 Å². The summed E-state index contributed by atoms with van der Waals surface area (Å²) in [6, 6.07) is 0. The minimum Gasteiger partial charge on any atom is -0.444 e. The third-order valence-electron chi connectivity index (χ3n) is 3.92. The first-order chi connectivity index (χ1) is 8.84. The van der Waals surface area contributed by atoms with Crippen LogP contribution in [0.15, 0.2) is 0 Å². The van der Waals surface area contributed by atoms with Crippen LogP contribution in [0.25, 0.3) is 0 Å². The maximum absolute atomic E-state index is 12.4. The molecule has 0 aromatic rings. The topological polar surface area (TPSA) is 55.6 Å². The lowest BCUT2D eigenvalue weighted by molar-refractivity contribution is -0.00419. The molecule has 4 nitrogen and oxygen atoms in total. The van der Waals surface area contributed by atoms with Crippen molar-refractivity contribution in [3.8, 4) is 0 Å². The lowest BCUT2D eigenvalue weighted by atomic mass is 9.88. The molecule has 0 aromatic heterocycles. The molecule has 0 unspecified atom stereocenters. The predicted molar refractivity (Wildman–Crippen MR) is 78.1 cm³/mol. The third-order valence-corrected chi connectivity index (χ3v) is 3.92. The van der Waals surface area contributed by atoms with Gasteiger partial charge in [0.25, 0.3) is 0 Å². The molecule has 4 heteroatoms. The van der Waals surface area contributed by atoms with Gasteiger partial charge in [-0.25, -0.2) is 4.79 Å². The van der Waals surface area contributed by atoms with Crippen LogP contribution in [0.2, 0.25) is 0 Å². The summed E-state index contributed by atoms with van der Waals surface area (Å²) in [6.07, 6.45) is 6.56. The zero-order valence-electron chi connectivity index (χ0n) is 13.0. The molecule has 0 bridgehead atoms. The van der Waals surface area contributed by atoms with Gasteiger partial charge in [0.05, 0.1) is 5.54 Å². The number of amides is 1. The Labute approximate surface area is 117 Å². The Morgan fingerprint density at radius 3 is 2.11 bits per heavy atom. The Hall–Kier alpha value is -0.770. The number of likely N-dealkylation sites (N-methyl/N-ethyl adjacent to an activating group) is 1. The normalized spacial score (nSPS) is 19.6. The highest BCUT2D eigenvalue weighted by Crippen LogP contribution is 2.32. The van der Waals surface area contributed by atoms with Crippen LogP contribution in [0, 0.1) is 0 Å². The number of hydrogen-bond acceptors (Lipinski definition) is 3. The monoisotopic (exact) mass is 270 g/mol. The van der Waals surface area contributed by atoms with Crippen LogP contribution < -0.4 is 5.73 Å². The highest BCUT2D eigenvalue weighted by Gasteiger charge is 2.39. The van der Waals surface area contributed by atoms with Crippen LogP contribution in [-0.2, 0) is 4.74 Å². The van der Waals surface area contributed by atoms with Gasteiger partial charge in [-0.15, -0.1) is 0 Å². The standard InChI is InChI=1S/C15H30N2O2/c1-5-17(13(18)19-14(2,3)4)15(12-16)10-8-6-7-9-11-15/h5-12,16H2,1-4H3. The van der Waals surface area contributed by atoms with E-state index in [-0.39, 0.29) is 11.6 Å². The van der Waals surface area contributed by atoms with Crippen LogP contribution in [0.3, 0.4) is 0 Å². The van der Waals surface area contributed by atoms with Crippen molar-refractivity contribution in [1.82, 2.24) is 4.90 Å². The van der Waals surface area contributed by atoms with Gasteiger partial charge < -0.3 is 15.4 Å². The lowest BCUT2D eigenvalue weighted by Gasteiger charge is -2.43. The minimum atomic E-state index is -0.453. The Bertz CT molecular complexity index is 289. The van der Waals surface area contributed by atoms with E-state index in [1.54, 1.807) is 0 Å². The number of nitrogens with two attached hydrogens (primary N) is 1. The van der Waals surface area contributed by atoms with Gasteiger partial charge in [0.15, 0.2) is 0 Å². The summed E-state index contributed by atoms with van der Waals surface area (Å²) in [6.45, 7) is 8.90. The predicted octanol–water partition coefficient (Wildman–Crippen LogP) is 3.30. The average molecular weight is 270 g/mol. The first kappa shape index (κ1) is 16.3. The molecular formula is C15H30N2O2. The molecule has 0 aromatic carbocycles. The fraction of sp³-hybridized carbons (Fsp3) is 0.933. The van der Waals surface area contributed by atoms with E-state index in [4.69, 9.17) is 10.5 Å². The molecule has 112 valence electrons. The van der Waals surface area contributed by atoms with Crippen LogP contribution in [0.1, 0.15) is 66.2 Å². The average Bonchev–Trinajstić information content (AvgIpc) is 2.54. The number of ether oxygens (including phenoxy) is 1. The Kier molecular flexibility index (Phi) is 5.65. The summed E-state index contributed by atoms with van der Waals surface area (Å²) < 4.78 is 5.54. The molecule has 1 aliphatic rings. The molecule has 0 aliphatic heterocycles.